The molecule has 2 heterocycles. The number of likely N-dealkylation sites (tertiary alicyclic amines) is 2. The van der Waals surface area contributed by atoms with E-state index in [1.54, 1.807) is 11.8 Å². The number of carbonyl (C=O) groups is 2. The van der Waals surface area contributed by atoms with Gasteiger partial charge in [-0.25, -0.2) is 0 Å². The molecule has 0 unspecified atom stereocenters. The predicted molar refractivity (Wildman–Crippen MR) is 91.9 cm³/mol. The van der Waals surface area contributed by atoms with Crippen molar-refractivity contribution in [3.05, 3.63) is 0 Å². The van der Waals surface area contributed by atoms with Gasteiger partial charge in [0.25, 0.3) is 0 Å². The van der Waals surface area contributed by atoms with Crippen LogP contribution in [0, 0.1) is 5.92 Å². The third kappa shape index (κ3) is 5.18. The molecule has 2 fully saturated rings. The van der Waals surface area contributed by atoms with Gasteiger partial charge in [0.15, 0.2) is 0 Å². The summed E-state index contributed by atoms with van der Waals surface area (Å²) in [6, 6.07) is 0. The van der Waals surface area contributed by atoms with E-state index in [1.807, 2.05) is 9.80 Å². The van der Waals surface area contributed by atoms with Crippen molar-refractivity contribution in [3.8, 4) is 0 Å². The van der Waals surface area contributed by atoms with Crippen LogP contribution >= 0.6 is 11.8 Å². The Morgan fingerprint density at radius 2 is 1.55 bits per heavy atom. The molecule has 0 aromatic rings. The minimum atomic E-state index is 0.123. The Balaban J connectivity index is 1.75. The molecule has 0 aromatic carbocycles. The highest BCUT2D eigenvalue weighted by Crippen LogP contribution is 2.25. The number of hydrogen-bond acceptors (Lipinski definition) is 3. The van der Waals surface area contributed by atoms with Crippen molar-refractivity contribution in [1.82, 2.24) is 9.80 Å². The van der Waals surface area contributed by atoms with Crippen LogP contribution in [0.3, 0.4) is 0 Å². The van der Waals surface area contributed by atoms with E-state index in [4.69, 9.17) is 0 Å². The molecular formula is C17H30N2O2S. The second-order valence-corrected chi connectivity index (χ2v) is 9.24. The van der Waals surface area contributed by atoms with Gasteiger partial charge >= 0.3 is 0 Å². The minimum Gasteiger partial charge on any atom is -0.342 e. The Bertz CT molecular complexity index is 392. The van der Waals surface area contributed by atoms with Crippen molar-refractivity contribution >= 4 is 23.6 Å². The molecule has 4 nitrogen and oxygen atoms in total. The van der Waals surface area contributed by atoms with Crippen molar-refractivity contribution in [2.75, 3.05) is 31.9 Å². The second-order valence-electron chi connectivity index (χ2n) is 7.44. The van der Waals surface area contributed by atoms with Crippen LogP contribution in [-0.2, 0) is 9.59 Å². The molecule has 2 aliphatic heterocycles. The van der Waals surface area contributed by atoms with E-state index in [1.165, 1.54) is 6.42 Å². The van der Waals surface area contributed by atoms with Crippen LogP contribution in [-0.4, -0.2) is 58.3 Å². The van der Waals surface area contributed by atoms with Crippen molar-refractivity contribution in [2.45, 2.75) is 57.6 Å². The summed E-state index contributed by atoms with van der Waals surface area (Å²) in [7, 11) is 0. The highest BCUT2D eigenvalue weighted by Gasteiger charge is 2.30. The fourth-order valence-electron chi connectivity index (χ4n) is 3.12. The molecule has 126 valence electrons. The van der Waals surface area contributed by atoms with Crippen molar-refractivity contribution in [3.63, 3.8) is 0 Å². The number of carbonyl (C=O) groups excluding carboxylic acids is 2. The first-order valence-electron chi connectivity index (χ1n) is 8.57. The summed E-state index contributed by atoms with van der Waals surface area (Å²) >= 11 is 1.70. The van der Waals surface area contributed by atoms with Crippen LogP contribution in [0.4, 0.5) is 0 Å². The van der Waals surface area contributed by atoms with Gasteiger partial charge in [-0.1, -0.05) is 20.8 Å². The third-order valence-electron chi connectivity index (χ3n) is 4.49. The Hall–Kier alpha value is -0.710. The zero-order valence-electron chi connectivity index (χ0n) is 14.3. The van der Waals surface area contributed by atoms with Gasteiger partial charge in [0.1, 0.15) is 0 Å². The average molecular weight is 327 g/mol. The van der Waals surface area contributed by atoms with Gasteiger partial charge < -0.3 is 9.80 Å². The monoisotopic (exact) mass is 326 g/mol. The lowest BCUT2D eigenvalue weighted by atomic mass is 9.94. The Morgan fingerprint density at radius 3 is 2.09 bits per heavy atom. The summed E-state index contributed by atoms with van der Waals surface area (Å²) in [5, 5.41) is 0. The average Bonchev–Trinajstić information content (AvgIpc) is 2.52. The van der Waals surface area contributed by atoms with Crippen molar-refractivity contribution < 1.29 is 9.59 Å². The molecule has 2 saturated heterocycles. The number of rotatable bonds is 3. The summed E-state index contributed by atoms with van der Waals surface area (Å²) in [4.78, 5) is 28.7. The van der Waals surface area contributed by atoms with Crippen LogP contribution in [0.25, 0.3) is 0 Å². The quantitative estimate of drug-likeness (QED) is 0.801. The lowest BCUT2D eigenvalue weighted by Crippen LogP contribution is -2.46. The molecule has 5 heteroatoms. The van der Waals surface area contributed by atoms with E-state index in [0.717, 1.165) is 51.9 Å². The molecule has 0 spiro atoms. The van der Waals surface area contributed by atoms with Gasteiger partial charge in [0, 0.05) is 36.8 Å². The number of amides is 2. The molecule has 2 amide bonds. The van der Waals surface area contributed by atoms with Crippen LogP contribution in [0.1, 0.15) is 52.9 Å². The van der Waals surface area contributed by atoms with Crippen molar-refractivity contribution in [2.24, 2.45) is 5.92 Å². The highest BCUT2D eigenvalue weighted by molar-refractivity contribution is 8.01. The zero-order valence-corrected chi connectivity index (χ0v) is 15.1. The van der Waals surface area contributed by atoms with Crippen LogP contribution < -0.4 is 0 Å². The number of thioether (sulfide) groups is 1. The van der Waals surface area contributed by atoms with E-state index in [0.29, 0.717) is 11.7 Å². The Kier molecular flexibility index (Phi) is 6.18. The first-order chi connectivity index (χ1) is 10.4. The standard InChI is InChI=1S/C17H30N2O2S/c1-17(2,3)22-13-15(20)18-11-7-14(8-12-18)16(21)19-9-5-4-6-10-19/h14H,4-13H2,1-3H3. The largest absolute Gasteiger partial charge is 0.342 e. The molecule has 0 radical (unpaired) electrons. The van der Waals surface area contributed by atoms with Crippen LogP contribution in [0.2, 0.25) is 0 Å². The molecule has 2 aliphatic rings. The first kappa shape index (κ1) is 17.6. The Morgan fingerprint density at radius 1 is 0.955 bits per heavy atom. The van der Waals surface area contributed by atoms with E-state index in [9.17, 15) is 9.59 Å². The molecule has 0 aromatic heterocycles. The number of nitrogens with zero attached hydrogens (tertiary/aromatic N) is 2. The molecule has 0 bridgehead atoms. The Labute approximate surface area is 139 Å². The van der Waals surface area contributed by atoms with Crippen LogP contribution in [0.15, 0.2) is 0 Å². The first-order valence-corrected chi connectivity index (χ1v) is 9.56. The lowest BCUT2D eigenvalue weighted by molar-refractivity contribution is -0.140. The van der Waals surface area contributed by atoms with Gasteiger partial charge in [-0.2, -0.15) is 0 Å². The topological polar surface area (TPSA) is 40.6 Å². The minimum absolute atomic E-state index is 0.123. The van der Waals surface area contributed by atoms with Crippen LogP contribution in [0.5, 0.6) is 0 Å². The summed E-state index contributed by atoms with van der Waals surface area (Å²) in [5.74, 6) is 1.24. The van der Waals surface area contributed by atoms with E-state index >= 15 is 0 Å². The normalized spacial score (nSPS) is 21.0. The van der Waals surface area contributed by atoms with E-state index < -0.39 is 0 Å². The third-order valence-corrected chi connectivity index (χ3v) is 5.75. The zero-order chi connectivity index (χ0) is 16.2. The van der Waals surface area contributed by atoms with Gasteiger partial charge in [0.2, 0.25) is 11.8 Å². The molecule has 0 N–H and O–H groups in total. The SMILES string of the molecule is CC(C)(C)SCC(=O)N1CCC(C(=O)N2CCCCC2)CC1. The van der Waals surface area contributed by atoms with E-state index in [-0.39, 0.29) is 16.6 Å². The molecule has 0 atom stereocenters. The smallest absolute Gasteiger partial charge is 0.232 e. The highest BCUT2D eigenvalue weighted by atomic mass is 32.2. The maximum atomic E-state index is 12.5. The van der Waals surface area contributed by atoms with E-state index in [2.05, 4.69) is 20.8 Å². The summed E-state index contributed by atoms with van der Waals surface area (Å²) < 4.78 is 0.123. The second kappa shape index (κ2) is 7.71. The fourth-order valence-corrected chi connectivity index (χ4v) is 3.86. The maximum absolute atomic E-state index is 12.5. The lowest BCUT2D eigenvalue weighted by Gasteiger charge is -2.35. The molecular weight excluding hydrogens is 296 g/mol. The summed E-state index contributed by atoms with van der Waals surface area (Å²) in [6.07, 6.45) is 5.21. The number of hydrogen-bond donors (Lipinski definition) is 0. The maximum Gasteiger partial charge on any atom is 0.232 e. The molecule has 2 rings (SSSR count). The van der Waals surface area contributed by atoms with Gasteiger partial charge in [-0.05, 0) is 32.1 Å². The number of piperidine rings is 2. The summed E-state index contributed by atoms with van der Waals surface area (Å²) in [6.45, 7) is 9.75. The molecule has 0 aliphatic carbocycles. The predicted octanol–water partition coefficient (Wildman–Crippen LogP) is 2.77. The fraction of sp³-hybridized carbons (Fsp3) is 0.882. The van der Waals surface area contributed by atoms with Gasteiger partial charge in [-0.3, -0.25) is 9.59 Å². The van der Waals surface area contributed by atoms with Gasteiger partial charge in [0.05, 0.1) is 5.75 Å². The van der Waals surface area contributed by atoms with Crippen molar-refractivity contribution in [1.29, 1.82) is 0 Å². The summed E-state index contributed by atoms with van der Waals surface area (Å²) in [5.41, 5.74) is 0. The van der Waals surface area contributed by atoms with Gasteiger partial charge in [-0.15, -0.1) is 11.8 Å². The molecule has 22 heavy (non-hydrogen) atoms. The molecule has 0 saturated carbocycles.